The van der Waals surface area contributed by atoms with Crippen LogP contribution in [0, 0.1) is 23.7 Å². The molecule has 2 nitrogen and oxygen atoms in total. The van der Waals surface area contributed by atoms with Crippen molar-refractivity contribution >= 4 is 0 Å². The predicted octanol–water partition coefficient (Wildman–Crippen LogP) is 2.59. The Bertz CT molecular complexity index is 398. The summed E-state index contributed by atoms with van der Waals surface area (Å²) in [6.07, 6.45) is 10.6. The Morgan fingerprint density at radius 2 is 1.53 bits per heavy atom. The Kier molecular flexibility index (Phi) is 11.5. The molecule has 0 aromatic heterocycles. The first-order chi connectivity index (χ1) is 9.20. The van der Waals surface area contributed by atoms with Crippen LogP contribution in [-0.2, 0) is 0 Å². The Labute approximate surface area is 116 Å². The van der Waals surface area contributed by atoms with Gasteiger partial charge in [0.05, 0.1) is 0 Å². The number of allylic oxidation sites excluding steroid dienone is 2. The molecule has 0 amide bonds. The molecular weight excluding hydrogens is 236 g/mol. The second-order valence-corrected chi connectivity index (χ2v) is 4.02. The van der Waals surface area contributed by atoms with Crippen LogP contribution in [0.1, 0.15) is 32.1 Å². The largest absolute Gasteiger partial charge is 0.377 e. The van der Waals surface area contributed by atoms with E-state index in [0.717, 1.165) is 19.3 Å². The van der Waals surface area contributed by atoms with Gasteiger partial charge in [-0.2, -0.15) is 0 Å². The number of hydrogen-bond acceptors (Lipinski definition) is 2. The molecule has 0 rings (SSSR count). The number of hydrogen-bond donors (Lipinski definition) is 2. The van der Waals surface area contributed by atoms with Crippen molar-refractivity contribution in [2.24, 2.45) is 0 Å². The monoisotopic (exact) mass is 258 g/mol. The molecule has 2 heteroatoms. The number of unbranched alkanes of at least 4 members (excludes halogenated alkanes) is 4. The molecule has 0 aromatic carbocycles. The minimum absolute atomic E-state index is 0.802. The second kappa shape index (κ2) is 12.7. The molecule has 0 aliphatic carbocycles. The van der Waals surface area contributed by atoms with E-state index >= 15 is 0 Å². The second-order valence-electron chi connectivity index (χ2n) is 4.02. The van der Waals surface area contributed by atoms with Crippen LogP contribution in [0.4, 0.5) is 0 Å². The van der Waals surface area contributed by atoms with Gasteiger partial charge >= 0.3 is 0 Å². The van der Waals surface area contributed by atoms with Crippen LogP contribution in [-0.4, -0.2) is 22.4 Å². The van der Waals surface area contributed by atoms with Crippen LogP contribution in [0.3, 0.4) is 0 Å². The van der Waals surface area contributed by atoms with Gasteiger partial charge in [0.15, 0.2) is 0 Å². The van der Waals surface area contributed by atoms with Crippen LogP contribution in [0.25, 0.3) is 0 Å². The third-order valence-electron chi connectivity index (χ3n) is 2.32. The molecule has 2 atom stereocenters. The Hall–Kier alpha value is -1.74. The van der Waals surface area contributed by atoms with Crippen molar-refractivity contribution in [2.45, 2.75) is 44.3 Å². The van der Waals surface area contributed by atoms with Gasteiger partial charge in [-0.1, -0.05) is 43.1 Å². The van der Waals surface area contributed by atoms with Crippen molar-refractivity contribution < 1.29 is 10.2 Å². The minimum Gasteiger partial charge on any atom is -0.377 e. The average Bonchev–Trinajstić information content (AvgIpc) is 2.42. The van der Waals surface area contributed by atoms with Gasteiger partial charge in [-0.3, -0.25) is 0 Å². The SMILES string of the molecule is C=CCCCCCC=C[C@H](O)C#CC#C[C@@H](O)C=C. The van der Waals surface area contributed by atoms with E-state index in [1.807, 2.05) is 12.2 Å². The molecule has 0 unspecified atom stereocenters. The zero-order chi connectivity index (χ0) is 14.3. The predicted molar refractivity (Wildman–Crippen MR) is 80.2 cm³/mol. The maximum atomic E-state index is 9.49. The number of aliphatic hydroxyl groups is 2. The quantitative estimate of drug-likeness (QED) is 0.399. The molecule has 0 radical (unpaired) electrons. The van der Waals surface area contributed by atoms with Crippen molar-refractivity contribution in [1.82, 2.24) is 0 Å². The summed E-state index contributed by atoms with van der Waals surface area (Å²) in [5.74, 6) is 9.96. The van der Waals surface area contributed by atoms with Crippen LogP contribution >= 0.6 is 0 Å². The van der Waals surface area contributed by atoms with E-state index in [0.29, 0.717) is 0 Å². The molecule has 0 spiro atoms. The zero-order valence-corrected chi connectivity index (χ0v) is 11.3. The molecule has 0 aromatic rings. The molecule has 0 fully saturated rings. The lowest BCUT2D eigenvalue weighted by Crippen LogP contribution is -1.97. The van der Waals surface area contributed by atoms with Crippen molar-refractivity contribution in [3.63, 3.8) is 0 Å². The summed E-state index contributed by atoms with van der Waals surface area (Å²) in [5.41, 5.74) is 0. The molecule has 0 saturated heterocycles. The van der Waals surface area contributed by atoms with Gasteiger partial charge in [0.2, 0.25) is 0 Å². The summed E-state index contributed by atoms with van der Waals surface area (Å²) in [6, 6.07) is 0. The lowest BCUT2D eigenvalue weighted by atomic mass is 10.1. The summed E-state index contributed by atoms with van der Waals surface area (Å²) in [5, 5.41) is 18.5. The van der Waals surface area contributed by atoms with Crippen molar-refractivity contribution in [1.29, 1.82) is 0 Å². The zero-order valence-electron chi connectivity index (χ0n) is 11.3. The molecule has 0 aliphatic rings. The summed E-state index contributed by atoms with van der Waals surface area (Å²) in [4.78, 5) is 0. The molecule has 0 bridgehead atoms. The van der Waals surface area contributed by atoms with E-state index < -0.39 is 12.2 Å². The lowest BCUT2D eigenvalue weighted by Gasteiger charge is -1.96. The van der Waals surface area contributed by atoms with E-state index in [-0.39, 0.29) is 0 Å². The lowest BCUT2D eigenvalue weighted by molar-refractivity contribution is 0.280. The van der Waals surface area contributed by atoms with Crippen molar-refractivity contribution in [2.75, 3.05) is 0 Å². The van der Waals surface area contributed by atoms with Crippen LogP contribution < -0.4 is 0 Å². The van der Waals surface area contributed by atoms with Crippen molar-refractivity contribution in [3.8, 4) is 23.7 Å². The van der Waals surface area contributed by atoms with Crippen LogP contribution in [0.5, 0.6) is 0 Å². The number of aliphatic hydroxyl groups excluding tert-OH is 2. The highest BCUT2D eigenvalue weighted by Gasteiger charge is 1.90. The number of rotatable bonds is 8. The molecule has 102 valence electrons. The van der Waals surface area contributed by atoms with E-state index in [9.17, 15) is 5.11 Å². The standard InChI is InChI=1S/C17H22O2/c1-3-5-6-7-8-9-10-14-17(19)15-12-11-13-16(18)4-2/h3-4,10,14,16-19H,1-2,5-9H2/t16-,17-/m0/s1. The molecular formula is C17H22O2. The highest BCUT2D eigenvalue weighted by atomic mass is 16.3. The fraction of sp³-hybridized carbons (Fsp3) is 0.412. The molecule has 0 saturated carbocycles. The van der Waals surface area contributed by atoms with Gasteiger partial charge in [-0.25, -0.2) is 0 Å². The molecule has 19 heavy (non-hydrogen) atoms. The average molecular weight is 258 g/mol. The van der Waals surface area contributed by atoms with Gasteiger partial charge in [0.1, 0.15) is 12.2 Å². The maximum absolute atomic E-state index is 9.49. The summed E-state index contributed by atoms with van der Waals surface area (Å²) in [7, 11) is 0. The summed E-state index contributed by atoms with van der Waals surface area (Å²) < 4.78 is 0. The smallest absolute Gasteiger partial charge is 0.134 e. The van der Waals surface area contributed by atoms with Crippen LogP contribution in [0.15, 0.2) is 37.5 Å². The van der Waals surface area contributed by atoms with Gasteiger partial charge in [-0.05, 0) is 43.6 Å². The Morgan fingerprint density at radius 1 is 0.895 bits per heavy atom. The Morgan fingerprint density at radius 3 is 2.16 bits per heavy atom. The van der Waals surface area contributed by atoms with Crippen molar-refractivity contribution in [3.05, 3.63) is 37.5 Å². The van der Waals surface area contributed by atoms with Gasteiger partial charge < -0.3 is 10.2 Å². The van der Waals surface area contributed by atoms with E-state index in [1.165, 1.54) is 18.9 Å². The fourth-order valence-corrected chi connectivity index (χ4v) is 1.28. The molecule has 2 N–H and O–H groups in total. The minimum atomic E-state index is -0.863. The summed E-state index contributed by atoms with van der Waals surface area (Å²) >= 11 is 0. The topological polar surface area (TPSA) is 40.5 Å². The van der Waals surface area contributed by atoms with E-state index in [2.05, 4.69) is 36.8 Å². The van der Waals surface area contributed by atoms with E-state index in [4.69, 9.17) is 5.11 Å². The maximum Gasteiger partial charge on any atom is 0.134 e. The summed E-state index contributed by atoms with van der Waals surface area (Å²) in [6.45, 7) is 7.06. The van der Waals surface area contributed by atoms with Gasteiger partial charge in [0.25, 0.3) is 0 Å². The molecule has 0 heterocycles. The molecule has 0 aliphatic heterocycles. The normalized spacial score (nSPS) is 12.7. The highest BCUT2D eigenvalue weighted by molar-refractivity contribution is 5.31. The first kappa shape index (κ1) is 17.3. The van der Waals surface area contributed by atoms with E-state index in [1.54, 1.807) is 6.08 Å². The third kappa shape index (κ3) is 12.5. The van der Waals surface area contributed by atoms with Gasteiger partial charge in [-0.15, -0.1) is 6.58 Å². The van der Waals surface area contributed by atoms with Crippen LogP contribution in [0.2, 0.25) is 0 Å². The Balaban J connectivity index is 3.80. The first-order valence-electron chi connectivity index (χ1n) is 6.48. The van der Waals surface area contributed by atoms with Gasteiger partial charge in [0, 0.05) is 0 Å². The first-order valence-corrected chi connectivity index (χ1v) is 6.48. The highest BCUT2D eigenvalue weighted by Crippen LogP contribution is 2.04. The third-order valence-corrected chi connectivity index (χ3v) is 2.32. The fourth-order valence-electron chi connectivity index (χ4n) is 1.28.